The zero-order chi connectivity index (χ0) is 22.4. The van der Waals surface area contributed by atoms with E-state index in [1.165, 1.54) is 12.1 Å². The highest BCUT2D eigenvalue weighted by molar-refractivity contribution is 6.39. The number of halogens is 3. The molecule has 2 N–H and O–H groups in total. The third-order valence-electron chi connectivity index (χ3n) is 5.64. The molecule has 0 fully saturated rings. The van der Waals surface area contributed by atoms with Crippen molar-refractivity contribution in [2.24, 2.45) is 5.73 Å². The third-order valence-corrected chi connectivity index (χ3v) is 6.27. The van der Waals surface area contributed by atoms with Gasteiger partial charge in [0, 0.05) is 38.5 Å². The Morgan fingerprint density at radius 3 is 2.31 bits per heavy atom. The van der Waals surface area contributed by atoms with E-state index in [1.54, 1.807) is 36.4 Å². The first kappa shape index (κ1) is 20.6. The summed E-state index contributed by atoms with van der Waals surface area (Å²) in [7, 11) is 0. The number of amides is 1. The molecule has 6 heteroatoms. The van der Waals surface area contributed by atoms with Crippen LogP contribution in [0, 0.1) is 5.82 Å². The summed E-state index contributed by atoms with van der Waals surface area (Å²) in [6.07, 6.45) is 0. The van der Waals surface area contributed by atoms with E-state index >= 15 is 0 Å². The van der Waals surface area contributed by atoms with Crippen molar-refractivity contribution in [3.63, 3.8) is 0 Å². The Labute approximate surface area is 193 Å². The molecule has 5 aromatic rings. The van der Waals surface area contributed by atoms with Crippen molar-refractivity contribution in [2.75, 3.05) is 0 Å². The van der Waals surface area contributed by atoms with Gasteiger partial charge in [0.25, 0.3) is 0 Å². The summed E-state index contributed by atoms with van der Waals surface area (Å²) in [5.41, 5.74) is 10.2. The van der Waals surface area contributed by atoms with Gasteiger partial charge in [-0.2, -0.15) is 0 Å². The smallest absolute Gasteiger partial charge is 0.249 e. The highest BCUT2D eigenvalue weighted by Crippen LogP contribution is 2.39. The van der Waals surface area contributed by atoms with Crippen LogP contribution in [0.2, 0.25) is 10.0 Å². The summed E-state index contributed by atoms with van der Waals surface area (Å²) in [5, 5.41) is 2.73. The molecule has 0 saturated heterocycles. The van der Waals surface area contributed by atoms with Crippen LogP contribution in [0.25, 0.3) is 32.9 Å². The van der Waals surface area contributed by atoms with Gasteiger partial charge in [0.2, 0.25) is 5.91 Å². The van der Waals surface area contributed by atoms with E-state index in [0.717, 1.165) is 38.5 Å². The number of fused-ring (bicyclic) bond motifs is 3. The van der Waals surface area contributed by atoms with Crippen molar-refractivity contribution < 1.29 is 9.18 Å². The second-order valence-corrected chi connectivity index (χ2v) is 8.42. The van der Waals surface area contributed by atoms with Gasteiger partial charge in [0.05, 0.1) is 11.0 Å². The molecule has 1 aromatic heterocycles. The van der Waals surface area contributed by atoms with Crippen molar-refractivity contribution in [3.05, 3.63) is 106 Å². The highest BCUT2D eigenvalue weighted by atomic mass is 35.5. The minimum atomic E-state index is -0.501. The van der Waals surface area contributed by atoms with Gasteiger partial charge in [-0.05, 0) is 53.6 Å². The Bertz CT molecular complexity index is 1500. The summed E-state index contributed by atoms with van der Waals surface area (Å²) in [4.78, 5) is 12.2. The molecule has 0 aliphatic carbocycles. The molecular weight excluding hydrogens is 446 g/mol. The number of hydrogen-bond acceptors (Lipinski definition) is 1. The van der Waals surface area contributed by atoms with Crippen molar-refractivity contribution in [3.8, 4) is 11.1 Å². The molecule has 3 nitrogen and oxygen atoms in total. The largest absolute Gasteiger partial charge is 0.366 e. The van der Waals surface area contributed by atoms with Crippen LogP contribution in [0.15, 0.2) is 78.9 Å². The van der Waals surface area contributed by atoms with E-state index in [2.05, 4.69) is 4.57 Å². The number of rotatable bonds is 4. The van der Waals surface area contributed by atoms with E-state index in [-0.39, 0.29) is 5.82 Å². The van der Waals surface area contributed by atoms with Crippen LogP contribution < -0.4 is 5.73 Å². The average molecular weight is 463 g/mol. The number of nitrogens with two attached hydrogens (primary N) is 1. The van der Waals surface area contributed by atoms with Crippen molar-refractivity contribution >= 4 is 50.9 Å². The average Bonchev–Trinajstić information content (AvgIpc) is 3.07. The molecule has 0 atom stereocenters. The highest BCUT2D eigenvalue weighted by Gasteiger charge is 2.18. The molecule has 5 rings (SSSR count). The maximum Gasteiger partial charge on any atom is 0.249 e. The van der Waals surface area contributed by atoms with Gasteiger partial charge < -0.3 is 10.3 Å². The second kappa shape index (κ2) is 7.97. The van der Waals surface area contributed by atoms with Gasteiger partial charge in [0.15, 0.2) is 0 Å². The molecule has 0 spiro atoms. The van der Waals surface area contributed by atoms with Crippen molar-refractivity contribution in [1.29, 1.82) is 0 Å². The van der Waals surface area contributed by atoms with Crippen LogP contribution >= 0.6 is 23.2 Å². The number of benzene rings is 4. The molecule has 0 unspecified atom stereocenters. The fourth-order valence-electron chi connectivity index (χ4n) is 4.27. The van der Waals surface area contributed by atoms with Gasteiger partial charge in [-0.15, -0.1) is 0 Å². The monoisotopic (exact) mass is 462 g/mol. The normalized spacial score (nSPS) is 11.3. The van der Waals surface area contributed by atoms with E-state index in [1.807, 2.05) is 30.3 Å². The van der Waals surface area contributed by atoms with Gasteiger partial charge in [-0.25, -0.2) is 4.39 Å². The van der Waals surface area contributed by atoms with E-state index in [9.17, 15) is 9.18 Å². The van der Waals surface area contributed by atoms with Gasteiger partial charge in [-0.3, -0.25) is 4.79 Å². The molecule has 0 radical (unpaired) electrons. The number of primary amides is 1. The first-order chi connectivity index (χ1) is 15.4. The molecule has 0 saturated carbocycles. The molecule has 0 bridgehead atoms. The lowest BCUT2D eigenvalue weighted by Crippen LogP contribution is -2.11. The molecule has 1 amide bonds. The van der Waals surface area contributed by atoms with E-state index in [0.29, 0.717) is 22.2 Å². The lowest BCUT2D eigenvalue weighted by Gasteiger charge is -2.11. The standard InChI is InChI=1S/C26H17Cl2FN2O/c27-20-7-3-8-21(28)24(20)16-10-11-18-23(13-16)31(14-15-4-1-5-17(29)12-15)22-9-2-6-19(25(18)22)26(30)32/h1-13H,14H2,(H2,30,32). The first-order valence-electron chi connectivity index (χ1n) is 9.97. The Kier molecular flexibility index (Phi) is 5.12. The van der Waals surface area contributed by atoms with E-state index < -0.39 is 5.91 Å². The predicted molar refractivity (Wildman–Crippen MR) is 129 cm³/mol. The number of hydrogen-bond donors (Lipinski definition) is 1. The summed E-state index contributed by atoms with van der Waals surface area (Å²) in [6, 6.07) is 23.2. The van der Waals surface area contributed by atoms with Crippen LogP contribution in [0.4, 0.5) is 4.39 Å². The Hall–Kier alpha value is -3.34. The molecule has 32 heavy (non-hydrogen) atoms. The fourth-order valence-corrected chi connectivity index (χ4v) is 4.88. The number of nitrogens with zero attached hydrogens (tertiary/aromatic N) is 1. The lowest BCUT2D eigenvalue weighted by molar-refractivity contribution is 0.100. The molecule has 0 aliphatic rings. The zero-order valence-corrected chi connectivity index (χ0v) is 18.3. The summed E-state index contributed by atoms with van der Waals surface area (Å²) >= 11 is 12.9. The minimum Gasteiger partial charge on any atom is -0.366 e. The minimum absolute atomic E-state index is 0.301. The number of carbonyl (C=O) groups is 1. The van der Waals surface area contributed by atoms with Gasteiger partial charge in [0.1, 0.15) is 5.82 Å². The Balaban J connectivity index is 1.84. The number of aromatic nitrogens is 1. The predicted octanol–water partition coefficient (Wildman–Crippen LogP) is 7.05. The van der Waals surface area contributed by atoms with E-state index in [4.69, 9.17) is 28.9 Å². The molecule has 4 aromatic carbocycles. The third kappa shape index (κ3) is 3.42. The van der Waals surface area contributed by atoms with Crippen LogP contribution in [0.1, 0.15) is 15.9 Å². The summed E-state index contributed by atoms with van der Waals surface area (Å²) < 4.78 is 15.9. The number of carbonyl (C=O) groups excluding carboxylic acids is 1. The Morgan fingerprint density at radius 1 is 0.875 bits per heavy atom. The first-order valence-corrected chi connectivity index (χ1v) is 10.7. The second-order valence-electron chi connectivity index (χ2n) is 7.61. The SMILES string of the molecule is NC(=O)c1cccc2c1c1ccc(-c3c(Cl)cccc3Cl)cc1n2Cc1cccc(F)c1. The maximum atomic E-state index is 13.9. The van der Waals surface area contributed by atoms with Gasteiger partial charge >= 0.3 is 0 Å². The quantitative estimate of drug-likeness (QED) is 0.305. The molecule has 1 heterocycles. The van der Waals surface area contributed by atoms with Crippen molar-refractivity contribution in [2.45, 2.75) is 6.54 Å². The van der Waals surface area contributed by atoms with Crippen molar-refractivity contribution in [1.82, 2.24) is 4.57 Å². The Morgan fingerprint density at radius 2 is 1.59 bits per heavy atom. The maximum absolute atomic E-state index is 13.9. The van der Waals surface area contributed by atoms with Crippen LogP contribution in [-0.2, 0) is 6.54 Å². The topological polar surface area (TPSA) is 48.0 Å². The van der Waals surface area contributed by atoms with Crippen LogP contribution in [0.5, 0.6) is 0 Å². The fraction of sp³-hybridized carbons (Fsp3) is 0.0385. The molecule has 158 valence electrons. The summed E-state index contributed by atoms with van der Waals surface area (Å²) in [5.74, 6) is -0.803. The summed E-state index contributed by atoms with van der Waals surface area (Å²) in [6.45, 7) is 0.416. The van der Waals surface area contributed by atoms with Gasteiger partial charge in [-0.1, -0.05) is 59.6 Å². The van der Waals surface area contributed by atoms with Crippen LogP contribution in [-0.4, -0.2) is 10.5 Å². The zero-order valence-electron chi connectivity index (χ0n) is 16.8. The lowest BCUT2D eigenvalue weighted by atomic mass is 10.0. The van der Waals surface area contributed by atoms with Crippen LogP contribution in [0.3, 0.4) is 0 Å². The molecule has 0 aliphatic heterocycles. The molecular formula is C26H17Cl2FN2O.